The van der Waals surface area contributed by atoms with Crippen molar-refractivity contribution in [3.63, 3.8) is 0 Å². The molecule has 29 heavy (non-hydrogen) atoms. The summed E-state index contributed by atoms with van der Waals surface area (Å²) in [5.41, 5.74) is 3.13. The quantitative estimate of drug-likeness (QED) is 0.569. The SMILES string of the molecule is CC(=O)c1ccc(OCc2ccc(Oc3cccc(C#N)c3C)cc2)c(C)c1O. The first kappa shape index (κ1) is 20.0. The summed E-state index contributed by atoms with van der Waals surface area (Å²) in [5, 5.41) is 19.3. The molecule has 146 valence electrons. The highest BCUT2D eigenvalue weighted by atomic mass is 16.5. The molecule has 0 atom stereocenters. The fourth-order valence-electron chi connectivity index (χ4n) is 2.91. The van der Waals surface area contributed by atoms with Crippen LogP contribution in [0.15, 0.2) is 54.6 Å². The second-order valence-corrected chi connectivity index (χ2v) is 6.72. The molecule has 3 rings (SSSR count). The van der Waals surface area contributed by atoms with Crippen LogP contribution in [-0.4, -0.2) is 10.9 Å². The van der Waals surface area contributed by atoms with Gasteiger partial charge in [0.15, 0.2) is 5.78 Å². The van der Waals surface area contributed by atoms with E-state index in [2.05, 4.69) is 6.07 Å². The van der Waals surface area contributed by atoms with Crippen molar-refractivity contribution < 1.29 is 19.4 Å². The number of ketones is 1. The van der Waals surface area contributed by atoms with Crippen LogP contribution in [0.25, 0.3) is 0 Å². The van der Waals surface area contributed by atoms with E-state index >= 15 is 0 Å². The fraction of sp³-hybridized carbons (Fsp3) is 0.167. The molecule has 3 aromatic rings. The topological polar surface area (TPSA) is 79.5 Å². The summed E-state index contributed by atoms with van der Waals surface area (Å²) in [6.07, 6.45) is 0. The van der Waals surface area contributed by atoms with Crippen molar-refractivity contribution in [1.29, 1.82) is 5.26 Å². The number of aromatic hydroxyl groups is 1. The number of Topliss-reactive ketones (excluding diaryl/α,β-unsaturated/α-hetero) is 1. The van der Waals surface area contributed by atoms with E-state index in [9.17, 15) is 9.90 Å². The van der Waals surface area contributed by atoms with Crippen molar-refractivity contribution >= 4 is 5.78 Å². The summed E-state index contributed by atoms with van der Waals surface area (Å²) in [5.74, 6) is 1.59. The first-order valence-electron chi connectivity index (χ1n) is 9.13. The predicted octanol–water partition coefficient (Wildman–Crippen LogP) is 5.45. The molecule has 3 aromatic carbocycles. The third-order valence-corrected chi connectivity index (χ3v) is 4.71. The highest BCUT2D eigenvalue weighted by Crippen LogP contribution is 2.31. The molecule has 5 heteroatoms. The Morgan fingerprint density at radius 2 is 1.72 bits per heavy atom. The first-order chi connectivity index (χ1) is 13.9. The zero-order valence-corrected chi connectivity index (χ0v) is 16.5. The Bertz CT molecular complexity index is 1100. The lowest BCUT2D eigenvalue weighted by Crippen LogP contribution is -2.00. The Kier molecular flexibility index (Phi) is 5.85. The second-order valence-electron chi connectivity index (χ2n) is 6.72. The minimum atomic E-state index is -0.191. The zero-order chi connectivity index (χ0) is 21.0. The monoisotopic (exact) mass is 387 g/mol. The van der Waals surface area contributed by atoms with Crippen LogP contribution in [0.1, 0.15) is 39.5 Å². The van der Waals surface area contributed by atoms with Crippen molar-refractivity contribution in [3.05, 3.63) is 82.4 Å². The Balaban J connectivity index is 1.68. The molecule has 0 aliphatic heterocycles. The van der Waals surface area contributed by atoms with Crippen molar-refractivity contribution in [2.24, 2.45) is 0 Å². The van der Waals surface area contributed by atoms with Crippen LogP contribution in [0.5, 0.6) is 23.0 Å². The van der Waals surface area contributed by atoms with E-state index in [0.717, 1.165) is 11.1 Å². The zero-order valence-electron chi connectivity index (χ0n) is 16.5. The van der Waals surface area contributed by atoms with Crippen LogP contribution in [0.2, 0.25) is 0 Å². The molecule has 0 heterocycles. The number of hydrogen-bond acceptors (Lipinski definition) is 5. The average Bonchev–Trinajstić information content (AvgIpc) is 2.71. The average molecular weight is 387 g/mol. The van der Waals surface area contributed by atoms with Crippen LogP contribution in [-0.2, 0) is 6.61 Å². The van der Waals surface area contributed by atoms with Crippen LogP contribution in [0, 0.1) is 25.2 Å². The largest absolute Gasteiger partial charge is 0.507 e. The van der Waals surface area contributed by atoms with E-state index in [1.165, 1.54) is 6.92 Å². The molecule has 0 fully saturated rings. The Morgan fingerprint density at radius 3 is 2.38 bits per heavy atom. The van der Waals surface area contributed by atoms with E-state index in [-0.39, 0.29) is 17.1 Å². The van der Waals surface area contributed by atoms with Gasteiger partial charge in [-0.2, -0.15) is 5.26 Å². The molecular formula is C24H21NO4. The molecule has 0 bridgehead atoms. The molecule has 0 aliphatic carbocycles. The van der Waals surface area contributed by atoms with Crippen molar-refractivity contribution in [1.82, 2.24) is 0 Å². The molecule has 0 aromatic heterocycles. The summed E-state index contributed by atoms with van der Waals surface area (Å²) in [6, 6.07) is 18.2. The number of nitriles is 1. The van der Waals surface area contributed by atoms with E-state index in [1.807, 2.05) is 37.3 Å². The van der Waals surface area contributed by atoms with Gasteiger partial charge in [0.2, 0.25) is 0 Å². The number of ether oxygens (including phenoxy) is 2. The van der Waals surface area contributed by atoms with Gasteiger partial charge in [-0.25, -0.2) is 0 Å². The summed E-state index contributed by atoms with van der Waals surface area (Å²) in [7, 11) is 0. The van der Waals surface area contributed by atoms with Gasteiger partial charge in [0, 0.05) is 11.1 Å². The van der Waals surface area contributed by atoms with Gasteiger partial charge in [-0.05, 0) is 62.7 Å². The van der Waals surface area contributed by atoms with Gasteiger partial charge in [-0.1, -0.05) is 18.2 Å². The molecular weight excluding hydrogens is 366 g/mol. The highest BCUT2D eigenvalue weighted by Gasteiger charge is 2.13. The number of nitrogens with zero attached hydrogens (tertiary/aromatic N) is 1. The number of phenols is 1. The lowest BCUT2D eigenvalue weighted by molar-refractivity contribution is 0.101. The van der Waals surface area contributed by atoms with E-state index < -0.39 is 0 Å². The summed E-state index contributed by atoms with van der Waals surface area (Å²) in [4.78, 5) is 11.5. The Hall–Kier alpha value is -3.78. The molecule has 0 aliphatic rings. The molecule has 0 unspecified atom stereocenters. The second kappa shape index (κ2) is 8.49. The maximum atomic E-state index is 11.5. The van der Waals surface area contributed by atoms with Gasteiger partial charge in [0.25, 0.3) is 0 Å². The van der Waals surface area contributed by atoms with Crippen LogP contribution in [0.3, 0.4) is 0 Å². The summed E-state index contributed by atoms with van der Waals surface area (Å²) in [6.45, 7) is 5.29. The van der Waals surface area contributed by atoms with Gasteiger partial charge < -0.3 is 14.6 Å². The molecule has 5 nitrogen and oxygen atoms in total. The van der Waals surface area contributed by atoms with E-state index in [4.69, 9.17) is 14.7 Å². The maximum Gasteiger partial charge on any atom is 0.163 e. The molecule has 0 amide bonds. The number of hydrogen-bond donors (Lipinski definition) is 1. The lowest BCUT2D eigenvalue weighted by atomic mass is 10.1. The molecule has 0 saturated carbocycles. The van der Waals surface area contributed by atoms with E-state index in [0.29, 0.717) is 35.0 Å². The lowest BCUT2D eigenvalue weighted by Gasteiger charge is -2.13. The number of carbonyl (C=O) groups is 1. The van der Waals surface area contributed by atoms with Crippen molar-refractivity contribution in [2.45, 2.75) is 27.4 Å². The fourth-order valence-corrected chi connectivity index (χ4v) is 2.91. The molecule has 0 spiro atoms. The van der Waals surface area contributed by atoms with Gasteiger partial charge in [-0.3, -0.25) is 4.79 Å². The van der Waals surface area contributed by atoms with Gasteiger partial charge in [-0.15, -0.1) is 0 Å². The Labute approximate surface area is 169 Å². The third kappa shape index (κ3) is 4.39. The minimum absolute atomic E-state index is 0.0475. The molecule has 1 N–H and O–H groups in total. The first-order valence-corrected chi connectivity index (χ1v) is 9.13. The molecule has 0 radical (unpaired) electrons. The number of carbonyl (C=O) groups excluding carboxylic acids is 1. The van der Waals surface area contributed by atoms with Crippen molar-refractivity contribution in [3.8, 4) is 29.1 Å². The van der Waals surface area contributed by atoms with Crippen LogP contribution < -0.4 is 9.47 Å². The van der Waals surface area contributed by atoms with Gasteiger partial charge in [0.05, 0.1) is 17.2 Å². The van der Waals surface area contributed by atoms with E-state index in [1.54, 1.807) is 31.2 Å². The number of rotatable bonds is 6. The molecule has 0 saturated heterocycles. The highest BCUT2D eigenvalue weighted by molar-refractivity contribution is 5.97. The summed E-state index contributed by atoms with van der Waals surface area (Å²) < 4.78 is 11.7. The van der Waals surface area contributed by atoms with Gasteiger partial charge in [0.1, 0.15) is 29.6 Å². The minimum Gasteiger partial charge on any atom is -0.507 e. The predicted molar refractivity (Wildman–Crippen MR) is 110 cm³/mol. The smallest absolute Gasteiger partial charge is 0.163 e. The Morgan fingerprint density at radius 1 is 1.00 bits per heavy atom. The van der Waals surface area contributed by atoms with Crippen LogP contribution >= 0.6 is 0 Å². The van der Waals surface area contributed by atoms with Crippen molar-refractivity contribution in [2.75, 3.05) is 0 Å². The maximum absolute atomic E-state index is 11.5. The summed E-state index contributed by atoms with van der Waals surface area (Å²) >= 11 is 0. The number of phenolic OH excluding ortho intramolecular Hbond substituents is 1. The van der Waals surface area contributed by atoms with Crippen LogP contribution in [0.4, 0.5) is 0 Å². The standard InChI is InChI=1S/C24H21NO4/c1-15-19(13-25)5-4-6-23(15)29-20-9-7-18(8-10-20)14-28-22-12-11-21(17(3)26)24(27)16(22)2/h4-12,27H,14H2,1-3H3. The third-order valence-electron chi connectivity index (χ3n) is 4.71. The number of benzene rings is 3. The van der Waals surface area contributed by atoms with Gasteiger partial charge >= 0.3 is 0 Å². The normalized spacial score (nSPS) is 10.3.